The average molecular weight is 125 g/mol. The molecule has 1 unspecified atom stereocenters. The van der Waals surface area contributed by atoms with E-state index in [-0.39, 0.29) is 0 Å². The molecule has 0 aliphatic rings. The van der Waals surface area contributed by atoms with Crippen LogP contribution in [0.1, 0.15) is 26.7 Å². The summed E-state index contributed by atoms with van der Waals surface area (Å²) < 4.78 is 0. The lowest BCUT2D eigenvalue weighted by Crippen LogP contribution is -1.94. The summed E-state index contributed by atoms with van der Waals surface area (Å²) in [5, 5.41) is 7.79. The van der Waals surface area contributed by atoms with Crippen LogP contribution in [0.15, 0.2) is 10.1 Å². The Labute approximate surface area is 58.0 Å². The Balaban J connectivity index is 3.25. The van der Waals surface area contributed by atoms with E-state index in [1.54, 1.807) is 7.41 Å². The second-order valence-corrected chi connectivity index (χ2v) is 2.13. The van der Waals surface area contributed by atoms with Crippen LogP contribution in [-0.2, 0) is 0 Å². The Hall–Kier alpha value is -0.335. The second-order valence-electron chi connectivity index (χ2n) is 2.13. The topological polar surface area (TPSA) is 24.7 Å². The largest absolute Gasteiger partial charge is 0.302 e. The molecule has 0 spiro atoms. The van der Waals surface area contributed by atoms with Crippen LogP contribution in [0.2, 0.25) is 6.82 Å². The zero-order chi connectivity index (χ0) is 7.11. The van der Waals surface area contributed by atoms with E-state index in [1.165, 1.54) is 6.42 Å². The molecule has 0 aromatic rings. The van der Waals surface area contributed by atoms with E-state index in [1.807, 2.05) is 6.82 Å². The molecule has 0 amide bonds. The van der Waals surface area contributed by atoms with Crippen molar-refractivity contribution in [2.75, 3.05) is 0 Å². The molecule has 0 aromatic heterocycles. The lowest BCUT2D eigenvalue weighted by molar-refractivity contribution is 0.632. The fourth-order valence-corrected chi connectivity index (χ4v) is 0.656. The van der Waals surface area contributed by atoms with Crippen molar-refractivity contribution in [1.29, 1.82) is 0 Å². The summed E-state index contributed by atoms with van der Waals surface area (Å²) in [6, 6.07) is 0.395. The van der Waals surface area contributed by atoms with Gasteiger partial charge in [0.1, 0.15) is 0 Å². The van der Waals surface area contributed by atoms with Gasteiger partial charge in [0.25, 0.3) is 0 Å². The highest BCUT2D eigenvalue weighted by atomic mass is 15.1. The highest BCUT2D eigenvalue weighted by Crippen LogP contribution is 1.99. The second kappa shape index (κ2) is 5.80. The van der Waals surface area contributed by atoms with Gasteiger partial charge in [0.2, 0.25) is 0 Å². The van der Waals surface area contributed by atoms with Gasteiger partial charge in [-0.3, -0.25) is 5.03 Å². The first kappa shape index (κ1) is 8.66. The molecule has 1 radical (unpaired) electrons. The first-order chi connectivity index (χ1) is 4.31. The third-order valence-corrected chi connectivity index (χ3v) is 1.09. The fraction of sp³-hybridized carbons (Fsp3) is 1.00. The van der Waals surface area contributed by atoms with Crippen molar-refractivity contribution in [3.05, 3.63) is 0 Å². The lowest BCUT2D eigenvalue weighted by atomic mass is 10.0. The third-order valence-electron chi connectivity index (χ3n) is 1.09. The highest BCUT2D eigenvalue weighted by molar-refractivity contribution is 6.30. The van der Waals surface area contributed by atoms with E-state index >= 15 is 0 Å². The summed E-state index contributed by atoms with van der Waals surface area (Å²) in [4.78, 5) is 0. The predicted octanol–water partition coefficient (Wildman–Crippen LogP) is 2.29. The Morgan fingerprint density at radius 1 is 1.56 bits per heavy atom. The summed E-state index contributed by atoms with van der Waals surface area (Å²) in [6.45, 7) is 6.11. The van der Waals surface area contributed by atoms with Crippen LogP contribution in [0.3, 0.4) is 0 Å². The Morgan fingerprint density at radius 3 is 2.67 bits per heavy atom. The minimum absolute atomic E-state index is 0.395. The Kier molecular flexibility index (Phi) is 5.58. The van der Waals surface area contributed by atoms with Crippen molar-refractivity contribution in [3.8, 4) is 0 Å². The van der Waals surface area contributed by atoms with Gasteiger partial charge in [-0.15, -0.1) is 0 Å². The molecule has 0 N–H and O–H groups in total. The summed E-state index contributed by atoms with van der Waals surface area (Å²) in [6.07, 6.45) is 2.32. The molecular weight excluding hydrogens is 111 g/mol. The van der Waals surface area contributed by atoms with E-state index in [0.29, 0.717) is 6.04 Å². The SMILES string of the molecule is C[B]N=NC(C)CCC. The lowest BCUT2D eigenvalue weighted by Gasteiger charge is -1.99. The van der Waals surface area contributed by atoms with E-state index in [9.17, 15) is 0 Å². The van der Waals surface area contributed by atoms with Crippen molar-refractivity contribution < 1.29 is 0 Å². The van der Waals surface area contributed by atoms with Crippen LogP contribution in [0.4, 0.5) is 0 Å². The smallest absolute Gasteiger partial charge is 0.266 e. The predicted molar refractivity (Wildman–Crippen MR) is 40.8 cm³/mol. The summed E-state index contributed by atoms with van der Waals surface area (Å²) in [5.41, 5.74) is 0. The zero-order valence-corrected chi connectivity index (χ0v) is 6.46. The molecule has 0 bridgehead atoms. The van der Waals surface area contributed by atoms with Crippen LogP contribution in [0.5, 0.6) is 0 Å². The maximum atomic E-state index is 4.00. The Bertz CT molecular complexity index is 83.1. The first-order valence-corrected chi connectivity index (χ1v) is 3.49. The van der Waals surface area contributed by atoms with Crippen molar-refractivity contribution in [1.82, 2.24) is 0 Å². The zero-order valence-electron chi connectivity index (χ0n) is 6.46. The molecule has 0 rings (SSSR count). The van der Waals surface area contributed by atoms with Crippen molar-refractivity contribution in [3.63, 3.8) is 0 Å². The van der Waals surface area contributed by atoms with Gasteiger partial charge in [0, 0.05) is 0 Å². The molecule has 0 aliphatic heterocycles. The van der Waals surface area contributed by atoms with Crippen LogP contribution < -0.4 is 0 Å². The maximum Gasteiger partial charge on any atom is 0.302 e. The van der Waals surface area contributed by atoms with E-state index in [4.69, 9.17) is 0 Å². The van der Waals surface area contributed by atoms with Crippen LogP contribution in [0, 0.1) is 0 Å². The van der Waals surface area contributed by atoms with Gasteiger partial charge >= 0.3 is 7.41 Å². The van der Waals surface area contributed by atoms with Gasteiger partial charge < -0.3 is 0 Å². The number of hydrogen-bond donors (Lipinski definition) is 0. The third kappa shape index (κ3) is 5.54. The molecule has 3 heteroatoms. The molecule has 0 aromatic carbocycles. The van der Waals surface area contributed by atoms with Crippen molar-refractivity contribution >= 4 is 7.41 Å². The number of hydrogen-bond acceptors (Lipinski definition) is 2. The first-order valence-electron chi connectivity index (χ1n) is 3.49. The van der Waals surface area contributed by atoms with E-state index in [2.05, 4.69) is 24.0 Å². The molecular formula is C6H14BN2. The van der Waals surface area contributed by atoms with E-state index in [0.717, 1.165) is 6.42 Å². The van der Waals surface area contributed by atoms with Crippen LogP contribution in [0.25, 0.3) is 0 Å². The van der Waals surface area contributed by atoms with Gasteiger partial charge in [0.15, 0.2) is 0 Å². The number of rotatable bonds is 4. The molecule has 0 saturated heterocycles. The average Bonchev–Trinajstić information content (AvgIpc) is 1.85. The Morgan fingerprint density at radius 2 is 2.22 bits per heavy atom. The fourth-order valence-electron chi connectivity index (χ4n) is 0.656. The van der Waals surface area contributed by atoms with E-state index < -0.39 is 0 Å². The molecule has 1 atom stereocenters. The van der Waals surface area contributed by atoms with Gasteiger partial charge in [0.05, 0.1) is 6.04 Å². The molecule has 51 valence electrons. The quantitative estimate of drug-likeness (QED) is 0.406. The van der Waals surface area contributed by atoms with Crippen LogP contribution in [-0.4, -0.2) is 13.5 Å². The summed E-state index contributed by atoms with van der Waals surface area (Å²) in [7, 11) is 1.71. The monoisotopic (exact) mass is 125 g/mol. The molecule has 9 heavy (non-hydrogen) atoms. The van der Waals surface area contributed by atoms with Gasteiger partial charge in [-0.2, -0.15) is 0 Å². The highest BCUT2D eigenvalue weighted by Gasteiger charge is 1.93. The van der Waals surface area contributed by atoms with Gasteiger partial charge in [-0.1, -0.05) is 20.2 Å². The van der Waals surface area contributed by atoms with Crippen molar-refractivity contribution in [2.45, 2.75) is 39.6 Å². The minimum atomic E-state index is 0.395. The van der Waals surface area contributed by atoms with Gasteiger partial charge in [-0.05, 0) is 13.3 Å². The molecule has 2 nitrogen and oxygen atoms in total. The standard InChI is InChI=1S/C6H14BN2/c1-4-5-6(2)8-9-7-3/h6H,4-5H2,1-3H3. The molecule has 0 aliphatic carbocycles. The van der Waals surface area contributed by atoms with Crippen LogP contribution >= 0.6 is 0 Å². The maximum absolute atomic E-state index is 4.00. The van der Waals surface area contributed by atoms with Crippen molar-refractivity contribution in [2.24, 2.45) is 10.1 Å². The summed E-state index contributed by atoms with van der Waals surface area (Å²) >= 11 is 0. The summed E-state index contributed by atoms with van der Waals surface area (Å²) in [5.74, 6) is 0. The number of nitrogens with zero attached hydrogens (tertiary/aromatic N) is 2. The molecule has 0 saturated carbocycles. The minimum Gasteiger partial charge on any atom is -0.266 e. The molecule has 0 heterocycles. The normalized spacial score (nSPS) is 14.1. The molecule has 0 fully saturated rings. The van der Waals surface area contributed by atoms with Gasteiger partial charge in [-0.25, -0.2) is 5.11 Å².